The van der Waals surface area contributed by atoms with Crippen LogP contribution in [0, 0.1) is 0 Å². The van der Waals surface area contributed by atoms with Crippen LogP contribution in [0.25, 0.3) is 0 Å². The van der Waals surface area contributed by atoms with E-state index in [1.54, 1.807) is 0 Å². The third-order valence-corrected chi connectivity index (χ3v) is 5.42. The fourth-order valence-electron chi connectivity index (χ4n) is 2.37. The van der Waals surface area contributed by atoms with Gasteiger partial charge in [0.1, 0.15) is 0 Å². The molecule has 0 saturated carbocycles. The second-order valence-electron chi connectivity index (χ2n) is 5.52. The summed E-state index contributed by atoms with van der Waals surface area (Å²) in [6.07, 6.45) is -10.2. The van der Waals surface area contributed by atoms with Crippen molar-refractivity contribution in [3.8, 4) is 0 Å². The van der Waals surface area contributed by atoms with Gasteiger partial charge in [-0.05, 0) is 36.4 Å². The number of hydrogen-bond acceptors (Lipinski definition) is 4. The SMILES string of the molecule is O=C(O)c1cc(S(=O)(=O)c2ccc(C(F)(F)F)c(C(=O)O)c2)ccc1C(F)(F)F. The van der Waals surface area contributed by atoms with Crippen molar-refractivity contribution in [2.75, 3.05) is 0 Å². The lowest BCUT2D eigenvalue weighted by Gasteiger charge is -2.14. The zero-order valence-electron chi connectivity index (χ0n) is 13.7. The lowest BCUT2D eigenvalue weighted by Crippen LogP contribution is -2.16. The number of halogens is 6. The molecule has 2 N–H and O–H groups in total. The quantitative estimate of drug-likeness (QED) is 0.695. The van der Waals surface area contributed by atoms with Crippen LogP contribution in [0.1, 0.15) is 31.8 Å². The third kappa shape index (κ3) is 4.34. The number of carboxylic acids is 2. The van der Waals surface area contributed by atoms with Crippen LogP contribution >= 0.6 is 0 Å². The normalized spacial score (nSPS) is 12.6. The van der Waals surface area contributed by atoms with Crippen molar-refractivity contribution in [2.45, 2.75) is 22.1 Å². The second kappa shape index (κ2) is 7.06. The van der Waals surface area contributed by atoms with Crippen molar-refractivity contribution >= 4 is 21.8 Å². The number of alkyl halides is 6. The van der Waals surface area contributed by atoms with Crippen LogP contribution in [-0.4, -0.2) is 30.6 Å². The molecule has 0 spiro atoms. The maximum absolute atomic E-state index is 12.9. The molecule has 0 radical (unpaired) electrons. The Kier molecular flexibility index (Phi) is 5.41. The van der Waals surface area contributed by atoms with E-state index in [2.05, 4.69) is 0 Å². The first-order valence-electron chi connectivity index (χ1n) is 7.21. The van der Waals surface area contributed by atoms with Crippen molar-refractivity contribution in [2.24, 2.45) is 0 Å². The van der Waals surface area contributed by atoms with Crippen LogP contribution in [-0.2, 0) is 22.2 Å². The van der Waals surface area contributed by atoms with Crippen LogP contribution < -0.4 is 0 Å². The van der Waals surface area contributed by atoms with Gasteiger partial charge in [0.25, 0.3) is 0 Å². The van der Waals surface area contributed by atoms with Crippen molar-refractivity contribution in [3.05, 3.63) is 58.7 Å². The van der Waals surface area contributed by atoms with Gasteiger partial charge in [0.15, 0.2) is 0 Å². The molecule has 2 aromatic rings. The first-order valence-corrected chi connectivity index (χ1v) is 8.69. The Hall–Kier alpha value is -3.09. The molecular weight excluding hydrogens is 434 g/mol. The Bertz CT molecular complexity index is 1020. The molecule has 29 heavy (non-hydrogen) atoms. The molecule has 0 atom stereocenters. The Morgan fingerprint density at radius 3 is 1.24 bits per heavy atom. The largest absolute Gasteiger partial charge is 0.478 e. The molecule has 0 aliphatic rings. The van der Waals surface area contributed by atoms with Crippen molar-refractivity contribution < 1.29 is 54.6 Å². The summed E-state index contributed by atoms with van der Waals surface area (Å²) in [6, 6.07) is 1.61. The molecule has 156 valence electrons. The highest BCUT2D eigenvalue weighted by Crippen LogP contribution is 2.36. The van der Waals surface area contributed by atoms with Crippen molar-refractivity contribution in [1.29, 1.82) is 0 Å². The standard InChI is InChI=1S/C16H8F6O6S/c17-15(18,19)11-3-1-7(5-9(11)13(23)24)29(27,28)8-2-4-12(16(20,21)22)10(6-8)14(25)26/h1-6H,(H,23,24)(H,25,26). The van der Waals surface area contributed by atoms with Gasteiger partial charge >= 0.3 is 24.3 Å². The Morgan fingerprint density at radius 1 is 0.690 bits per heavy atom. The first-order chi connectivity index (χ1) is 13.1. The maximum atomic E-state index is 12.9. The molecule has 2 aromatic carbocycles. The van der Waals surface area contributed by atoms with Crippen molar-refractivity contribution in [1.82, 2.24) is 0 Å². The molecule has 13 heteroatoms. The Labute approximate surface area is 157 Å². The minimum atomic E-state index is -5.11. The molecule has 0 fully saturated rings. The van der Waals surface area contributed by atoms with E-state index in [1.807, 2.05) is 0 Å². The Balaban J connectivity index is 2.71. The fourth-order valence-corrected chi connectivity index (χ4v) is 3.68. The van der Waals surface area contributed by atoms with E-state index in [0.717, 1.165) is 0 Å². The van der Waals surface area contributed by atoms with Gasteiger partial charge in [-0.25, -0.2) is 18.0 Å². The zero-order chi connectivity index (χ0) is 22.4. The van der Waals surface area contributed by atoms with Gasteiger partial charge < -0.3 is 10.2 Å². The van der Waals surface area contributed by atoms with Crippen LogP contribution in [0.4, 0.5) is 26.3 Å². The summed E-state index contributed by atoms with van der Waals surface area (Å²) in [4.78, 5) is 20.2. The molecule has 0 amide bonds. The molecule has 0 aliphatic carbocycles. The minimum Gasteiger partial charge on any atom is -0.478 e. The van der Waals surface area contributed by atoms with Gasteiger partial charge in [-0.1, -0.05) is 0 Å². The summed E-state index contributed by atoms with van der Waals surface area (Å²) in [7, 11) is -4.84. The summed E-state index contributed by atoms with van der Waals surface area (Å²) < 4.78 is 102. The number of rotatable bonds is 4. The van der Waals surface area contributed by atoms with E-state index >= 15 is 0 Å². The number of hydrogen-bond donors (Lipinski definition) is 2. The number of sulfone groups is 1. The first kappa shape index (κ1) is 22.2. The van der Waals surface area contributed by atoms with Crippen LogP contribution in [0.2, 0.25) is 0 Å². The van der Waals surface area contributed by atoms with Crippen LogP contribution in [0.3, 0.4) is 0 Å². The zero-order valence-corrected chi connectivity index (χ0v) is 14.5. The van der Waals surface area contributed by atoms with Crippen LogP contribution in [0.15, 0.2) is 46.2 Å². The monoisotopic (exact) mass is 442 g/mol. The molecule has 2 rings (SSSR count). The average Bonchev–Trinajstić information content (AvgIpc) is 2.58. The molecule has 0 heterocycles. The summed E-state index contributed by atoms with van der Waals surface area (Å²) in [6.45, 7) is 0. The molecule has 0 unspecified atom stereocenters. The highest BCUT2D eigenvalue weighted by Gasteiger charge is 2.38. The smallest absolute Gasteiger partial charge is 0.417 e. The maximum Gasteiger partial charge on any atom is 0.417 e. The van der Waals surface area contributed by atoms with Gasteiger partial charge in [0, 0.05) is 0 Å². The summed E-state index contributed by atoms with van der Waals surface area (Å²) in [5.74, 6) is -4.18. The van der Waals surface area contributed by atoms with Gasteiger partial charge in [-0.15, -0.1) is 0 Å². The van der Waals surface area contributed by atoms with Gasteiger partial charge in [-0.2, -0.15) is 26.3 Å². The van der Waals surface area contributed by atoms with E-state index in [0.29, 0.717) is 12.1 Å². The van der Waals surface area contributed by atoms with E-state index in [4.69, 9.17) is 10.2 Å². The second-order valence-corrected chi connectivity index (χ2v) is 7.47. The molecule has 0 bridgehead atoms. The molecule has 6 nitrogen and oxygen atoms in total. The summed E-state index contributed by atoms with van der Waals surface area (Å²) in [5, 5.41) is 17.9. The van der Waals surface area contributed by atoms with E-state index in [1.165, 1.54) is 0 Å². The number of carbonyl (C=O) groups is 2. The summed E-state index contributed by atoms with van der Waals surface area (Å²) >= 11 is 0. The molecule has 0 aromatic heterocycles. The predicted octanol–water partition coefficient (Wildman–Crippen LogP) is 3.95. The average molecular weight is 442 g/mol. The highest BCUT2D eigenvalue weighted by atomic mass is 32.2. The number of aromatic carboxylic acids is 2. The third-order valence-electron chi connectivity index (χ3n) is 3.67. The summed E-state index contributed by atoms with van der Waals surface area (Å²) in [5.41, 5.74) is -6.07. The fraction of sp³-hybridized carbons (Fsp3) is 0.125. The van der Waals surface area contributed by atoms with E-state index < -0.39 is 66.2 Å². The number of carboxylic acid groups (broad SMARTS) is 2. The minimum absolute atomic E-state index is 0.193. The van der Waals surface area contributed by atoms with Crippen LogP contribution in [0.5, 0.6) is 0 Å². The topological polar surface area (TPSA) is 109 Å². The molecule has 0 aliphatic heterocycles. The lowest BCUT2D eigenvalue weighted by atomic mass is 10.1. The van der Waals surface area contributed by atoms with Gasteiger partial charge in [0.2, 0.25) is 9.84 Å². The van der Waals surface area contributed by atoms with E-state index in [9.17, 15) is 44.3 Å². The molecule has 0 saturated heterocycles. The molecular formula is C16H8F6O6S. The van der Waals surface area contributed by atoms with Crippen molar-refractivity contribution in [3.63, 3.8) is 0 Å². The lowest BCUT2D eigenvalue weighted by molar-refractivity contribution is -0.138. The predicted molar refractivity (Wildman–Crippen MR) is 82.3 cm³/mol. The van der Waals surface area contributed by atoms with E-state index in [-0.39, 0.29) is 24.3 Å². The van der Waals surface area contributed by atoms with Gasteiger partial charge in [-0.3, -0.25) is 0 Å². The number of benzene rings is 2. The highest BCUT2D eigenvalue weighted by molar-refractivity contribution is 7.91. The Morgan fingerprint density at radius 2 is 1.00 bits per heavy atom. The van der Waals surface area contributed by atoms with Gasteiger partial charge in [0.05, 0.1) is 32.0 Å².